The van der Waals surface area contributed by atoms with Crippen LogP contribution < -0.4 is 11.2 Å². The van der Waals surface area contributed by atoms with Crippen molar-refractivity contribution in [3.8, 4) is 0 Å². The third-order valence-corrected chi connectivity index (χ3v) is 3.63. The van der Waals surface area contributed by atoms with Gasteiger partial charge in [0.25, 0.3) is 5.91 Å². The molecule has 4 nitrogen and oxygen atoms in total. The van der Waals surface area contributed by atoms with Crippen LogP contribution in [0.25, 0.3) is 0 Å². The molecule has 102 valence electrons. The fourth-order valence-corrected chi connectivity index (χ4v) is 2.76. The highest BCUT2D eigenvalue weighted by Gasteiger charge is 2.12. The van der Waals surface area contributed by atoms with Crippen molar-refractivity contribution in [3.05, 3.63) is 62.5 Å². The maximum Gasteiger partial charge on any atom is 0.273 e. The van der Waals surface area contributed by atoms with Gasteiger partial charge in [0.05, 0.1) is 17.5 Å². The van der Waals surface area contributed by atoms with Crippen LogP contribution in [0.4, 0.5) is 5.69 Å². The number of nitrogen functional groups attached to an aromatic ring is 1. The van der Waals surface area contributed by atoms with Gasteiger partial charge < -0.3 is 5.73 Å². The molecule has 0 spiro atoms. The van der Waals surface area contributed by atoms with E-state index in [1.165, 1.54) is 0 Å². The summed E-state index contributed by atoms with van der Waals surface area (Å²) in [5.74, 6) is -0.364. The Morgan fingerprint density at radius 3 is 2.60 bits per heavy atom. The molecule has 0 radical (unpaired) electrons. The zero-order valence-corrected chi connectivity index (χ0v) is 13.5. The molecular weight excluding hydrogens is 386 g/mol. The van der Waals surface area contributed by atoms with Gasteiger partial charge in [-0.05, 0) is 33.6 Å². The average Bonchev–Trinajstić information content (AvgIpc) is 2.44. The molecular formula is C14H11Br2N3O. The number of nitrogens with zero attached hydrogens (tertiary/aromatic N) is 1. The molecule has 0 unspecified atom stereocenters. The number of nitrogens with two attached hydrogens (primary N) is 1. The number of hydrogen-bond acceptors (Lipinski definition) is 3. The zero-order chi connectivity index (χ0) is 14.5. The van der Waals surface area contributed by atoms with Crippen LogP contribution in [0.15, 0.2) is 56.5 Å². The van der Waals surface area contributed by atoms with Gasteiger partial charge in [0, 0.05) is 8.95 Å². The number of anilines is 1. The van der Waals surface area contributed by atoms with Crippen molar-refractivity contribution >= 4 is 49.7 Å². The number of carbonyl (C=O) groups is 1. The van der Waals surface area contributed by atoms with E-state index in [4.69, 9.17) is 5.73 Å². The predicted molar refractivity (Wildman–Crippen MR) is 87.8 cm³/mol. The molecule has 0 atom stereocenters. The van der Waals surface area contributed by atoms with Gasteiger partial charge in [-0.1, -0.05) is 46.3 Å². The van der Waals surface area contributed by atoms with Crippen LogP contribution in [0.5, 0.6) is 0 Å². The monoisotopic (exact) mass is 395 g/mol. The van der Waals surface area contributed by atoms with Crippen LogP contribution in [-0.2, 0) is 0 Å². The molecule has 0 saturated heterocycles. The van der Waals surface area contributed by atoms with E-state index in [1.807, 2.05) is 30.3 Å². The van der Waals surface area contributed by atoms with Crippen molar-refractivity contribution in [1.29, 1.82) is 0 Å². The standard InChI is InChI=1S/C14H11Br2N3O/c15-10-6-11(13(17)12(16)7-10)14(20)19-18-8-9-4-2-1-3-5-9/h1-8H,17H2,(H,19,20)/b18-8-. The summed E-state index contributed by atoms with van der Waals surface area (Å²) in [6.45, 7) is 0. The van der Waals surface area contributed by atoms with E-state index < -0.39 is 0 Å². The van der Waals surface area contributed by atoms with Crippen molar-refractivity contribution in [3.63, 3.8) is 0 Å². The van der Waals surface area contributed by atoms with Gasteiger partial charge in [-0.25, -0.2) is 5.43 Å². The van der Waals surface area contributed by atoms with E-state index in [2.05, 4.69) is 42.4 Å². The van der Waals surface area contributed by atoms with Gasteiger partial charge in [-0.3, -0.25) is 4.79 Å². The number of rotatable bonds is 3. The summed E-state index contributed by atoms with van der Waals surface area (Å²) in [7, 11) is 0. The Kier molecular flexibility index (Phi) is 4.92. The molecule has 0 heterocycles. The number of carbonyl (C=O) groups excluding carboxylic acids is 1. The molecule has 0 aliphatic carbocycles. The summed E-state index contributed by atoms with van der Waals surface area (Å²) in [6.07, 6.45) is 1.57. The molecule has 1 amide bonds. The Morgan fingerprint density at radius 1 is 1.20 bits per heavy atom. The molecule has 6 heteroatoms. The third kappa shape index (κ3) is 3.68. The van der Waals surface area contributed by atoms with Gasteiger partial charge in [-0.2, -0.15) is 5.10 Å². The molecule has 2 rings (SSSR count). The fourth-order valence-electron chi connectivity index (χ4n) is 1.54. The highest BCUT2D eigenvalue weighted by atomic mass is 79.9. The van der Waals surface area contributed by atoms with E-state index in [-0.39, 0.29) is 5.91 Å². The molecule has 0 bridgehead atoms. The first-order chi connectivity index (χ1) is 9.58. The predicted octanol–water partition coefficient (Wildman–Crippen LogP) is 3.56. The van der Waals surface area contributed by atoms with Crippen LogP contribution in [0.3, 0.4) is 0 Å². The summed E-state index contributed by atoms with van der Waals surface area (Å²) >= 11 is 6.61. The summed E-state index contributed by atoms with van der Waals surface area (Å²) < 4.78 is 1.42. The quantitative estimate of drug-likeness (QED) is 0.473. The van der Waals surface area contributed by atoms with Crippen molar-refractivity contribution in [2.24, 2.45) is 5.10 Å². The number of halogens is 2. The Labute approximate surface area is 133 Å². The number of hydrogen-bond donors (Lipinski definition) is 2. The van der Waals surface area contributed by atoms with E-state index in [0.717, 1.165) is 10.0 Å². The van der Waals surface area contributed by atoms with Crippen LogP contribution >= 0.6 is 31.9 Å². The second-order valence-corrected chi connectivity index (χ2v) is 5.73. The van der Waals surface area contributed by atoms with Crippen molar-refractivity contribution in [2.45, 2.75) is 0 Å². The average molecular weight is 397 g/mol. The highest BCUT2D eigenvalue weighted by Crippen LogP contribution is 2.28. The van der Waals surface area contributed by atoms with E-state index in [0.29, 0.717) is 15.7 Å². The van der Waals surface area contributed by atoms with E-state index >= 15 is 0 Å². The van der Waals surface area contributed by atoms with Gasteiger partial charge in [0.15, 0.2) is 0 Å². The van der Waals surface area contributed by atoms with E-state index in [9.17, 15) is 4.79 Å². The number of hydrazone groups is 1. The Hall–Kier alpha value is -1.66. The smallest absolute Gasteiger partial charge is 0.273 e. The molecule has 0 aliphatic rings. The fraction of sp³-hybridized carbons (Fsp3) is 0. The largest absolute Gasteiger partial charge is 0.397 e. The minimum absolute atomic E-state index is 0.358. The van der Waals surface area contributed by atoms with Gasteiger partial charge in [0.1, 0.15) is 0 Å². The normalized spacial score (nSPS) is 10.7. The SMILES string of the molecule is Nc1c(Br)cc(Br)cc1C(=O)N/N=C\c1ccccc1. The second-order valence-electron chi connectivity index (χ2n) is 3.96. The van der Waals surface area contributed by atoms with Crippen molar-refractivity contribution in [2.75, 3.05) is 5.73 Å². The Morgan fingerprint density at radius 2 is 1.90 bits per heavy atom. The number of amides is 1. The molecule has 0 aliphatic heterocycles. The lowest BCUT2D eigenvalue weighted by molar-refractivity contribution is 0.0956. The van der Waals surface area contributed by atoms with Gasteiger partial charge in [0.2, 0.25) is 0 Å². The minimum atomic E-state index is -0.364. The summed E-state index contributed by atoms with van der Waals surface area (Å²) in [4.78, 5) is 12.0. The van der Waals surface area contributed by atoms with Crippen LogP contribution in [0.2, 0.25) is 0 Å². The molecule has 2 aromatic rings. The summed E-state index contributed by atoms with van der Waals surface area (Å²) in [5, 5.41) is 3.91. The number of benzene rings is 2. The maximum atomic E-state index is 12.0. The topological polar surface area (TPSA) is 67.5 Å². The lowest BCUT2D eigenvalue weighted by Gasteiger charge is -2.06. The minimum Gasteiger partial charge on any atom is -0.397 e. The van der Waals surface area contributed by atoms with Crippen LogP contribution in [0.1, 0.15) is 15.9 Å². The molecule has 2 aromatic carbocycles. The van der Waals surface area contributed by atoms with Crippen LogP contribution in [0, 0.1) is 0 Å². The van der Waals surface area contributed by atoms with Crippen LogP contribution in [-0.4, -0.2) is 12.1 Å². The second kappa shape index (κ2) is 6.67. The maximum absolute atomic E-state index is 12.0. The number of nitrogens with one attached hydrogen (secondary N) is 1. The Bertz CT molecular complexity index is 657. The molecule has 20 heavy (non-hydrogen) atoms. The Balaban J connectivity index is 2.11. The summed E-state index contributed by atoms with van der Waals surface area (Å²) in [5.41, 5.74) is 9.94. The highest BCUT2D eigenvalue weighted by molar-refractivity contribution is 9.11. The zero-order valence-electron chi connectivity index (χ0n) is 10.3. The first kappa shape index (κ1) is 14.7. The molecule has 0 aromatic heterocycles. The third-order valence-electron chi connectivity index (χ3n) is 2.52. The lowest BCUT2D eigenvalue weighted by Crippen LogP contribution is -2.19. The molecule has 0 saturated carbocycles. The first-order valence-corrected chi connectivity index (χ1v) is 7.29. The van der Waals surface area contributed by atoms with E-state index in [1.54, 1.807) is 18.3 Å². The van der Waals surface area contributed by atoms with Gasteiger partial charge >= 0.3 is 0 Å². The molecule has 3 N–H and O–H groups in total. The van der Waals surface area contributed by atoms with Gasteiger partial charge in [-0.15, -0.1) is 0 Å². The molecule has 0 fully saturated rings. The first-order valence-electron chi connectivity index (χ1n) is 5.71. The van der Waals surface area contributed by atoms with Crippen molar-refractivity contribution in [1.82, 2.24) is 5.43 Å². The van der Waals surface area contributed by atoms with Crippen molar-refractivity contribution < 1.29 is 4.79 Å². The lowest BCUT2D eigenvalue weighted by atomic mass is 10.2. The summed E-state index contributed by atoms with van der Waals surface area (Å²) in [6, 6.07) is 12.9.